The first kappa shape index (κ1) is 7.28. The molecule has 0 fully saturated rings. The Morgan fingerprint density at radius 1 is 1.50 bits per heavy atom. The van der Waals surface area contributed by atoms with E-state index in [4.69, 9.17) is 0 Å². The Kier molecular flexibility index (Phi) is 1.57. The minimum atomic E-state index is 0. The Balaban J connectivity index is 0.000000845. The molecule has 0 unspecified atom stereocenters. The standard InChI is InChI=1S/C9H11N3.H2/c1-6(2)8-5-7-3-4-10-12-9(7)11-8;/h3-6H,1-2H3,(H,11,12);1H. The SMILES string of the molecule is CC(C)c1cc2ccnnc2[nH]1.[HH]. The number of aromatic nitrogens is 3. The van der Waals surface area contributed by atoms with Crippen LogP contribution in [0.4, 0.5) is 0 Å². The number of rotatable bonds is 1. The van der Waals surface area contributed by atoms with Gasteiger partial charge in [0.05, 0.1) is 6.20 Å². The average molecular weight is 163 g/mol. The van der Waals surface area contributed by atoms with Crippen LogP contribution >= 0.6 is 0 Å². The number of hydrogen-bond acceptors (Lipinski definition) is 2. The van der Waals surface area contributed by atoms with Gasteiger partial charge in [0.1, 0.15) is 0 Å². The van der Waals surface area contributed by atoms with Crippen molar-refractivity contribution in [2.24, 2.45) is 0 Å². The molecule has 0 aliphatic rings. The van der Waals surface area contributed by atoms with Crippen molar-refractivity contribution in [3.05, 3.63) is 24.0 Å². The van der Waals surface area contributed by atoms with Crippen LogP contribution in [0.3, 0.4) is 0 Å². The van der Waals surface area contributed by atoms with Crippen molar-refractivity contribution in [2.75, 3.05) is 0 Å². The number of nitrogens with one attached hydrogen (secondary N) is 1. The van der Waals surface area contributed by atoms with E-state index in [0.29, 0.717) is 5.92 Å². The Bertz CT molecular complexity index is 361. The third-order valence-electron chi connectivity index (χ3n) is 1.95. The van der Waals surface area contributed by atoms with Crippen LogP contribution in [-0.2, 0) is 0 Å². The summed E-state index contributed by atoms with van der Waals surface area (Å²) in [7, 11) is 0. The van der Waals surface area contributed by atoms with Gasteiger partial charge in [0.25, 0.3) is 0 Å². The molecule has 0 amide bonds. The third kappa shape index (κ3) is 1.07. The minimum absolute atomic E-state index is 0. The molecule has 3 nitrogen and oxygen atoms in total. The third-order valence-corrected chi connectivity index (χ3v) is 1.95. The highest BCUT2D eigenvalue weighted by Crippen LogP contribution is 2.17. The van der Waals surface area contributed by atoms with Crippen LogP contribution in [-0.4, -0.2) is 15.2 Å². The number of nitrogens with zero attached hydrogens (tertiary/aromatic N) is 2. The van der Waals surface area contributed by atoms with E-state index in [2.05, 4.69) is 35.1 Å². The van der Waals surface area contributed by atoms with E-state index < -0.39 is 0 Å². The first-order valence-electron chi connectivity index (χ1n) is 4.07. The Morgan fingerprint density at radius 2 is 2.33 bits per heavy atom. The second-order valence-corrected chi connectivity index (χ2v) is 3.21. The average Bonchev–Trinajstić information content (AvgIpc) is 2.46. The predicted molar refractivity (Wildman–Crippen MR) is 50.1 cm³/mol. The van der Waals surface area contributed by atoms with Crippen molar-refractivity contribution in [1.82, 2.24) is 15.2 Å². The summed E-state index contributed by atoms with van der Waals surface area (Å²) < 4.78 is 0. The molecule has 64 valence electrons. The quantitative estimate of drug-likeness (QED) is 0.701. The molecule has 2 heterocycles. The maximum atomic E-state index is 3.98. The molecule has 0 radical (unpaired) electrons. The molecule has 3 heteroatoms. The molecule has 0 bridgehead atoms. The fourth-order valence-corrected chi connectivity index (χ4v) is 1.21. The molecule has 0 aromatic carbocycles. The zero-order chi connectivity index (χ0) is 8.55. The van der Waals surface area contributed by atoms with Gasteiger partial charge in [-0.1, -0.05) is 13.8 Å². The monoisotopic (exact) mass is 163 g/mol. The first-order chi connectivity index (χ1) is 5.77. The van der Waals surface area contributed by atoms with Crippen LogP contribution in [0.25, 0.3) is 11.0 Å². The molecule has 0 saturated carbocycles. The molecule has 1 N–H and O–H groups in total. The van der Waals surface area contributed by atoms with Crippen molar-refractivity contribution < 1.29 is 1.43 Å². The molecule has 0 saturated heterocycles. The van der Waals surface area contributed by atoms with Gasteiger partial charge in [0, 0.05) is 12.5 Å². The molecule has 2 aromatic rings. The first-order valence-corrected chi connectivity index (χ1v) is 4.07. The van der Waals surface area contributed by atoms with Gasteiger partial charge < -0.3 is 4.98 Å². The fraction of sp³-hybridized carbons (Fsp3) is 0.333. The van der Waals surface area contributed by atoms with E-state index >= 15 is 0 Å². The summed E-state index contributed by atoms with van der Waals surface area (Å²) in [4.78, 5) is 3.22. The van der Waals surface area contributed by atoms with Crippen LogP contribution in [0.2, 0.25) is 0 Å². The van der Waals surface area contributed by atoms with Gasteiger partial charge in [0.15, 0.2) is 5.65 Å². The summed E-state index contributed by atoms with van der Waals surface area (Å²) in [6.07, 6.45) is 1.71. The molecular formula is C9H13N3. The highest BCUT2D eigenvalue weighted by Gasteiger charge is 2.03. The summed E-state index contributed by atoms with van der Waals surface area (Å²) in [5, 5.41) is 8.92. The second-order valence-electron chi connectivity index (χ2n) is 3.21. The lowest BCUT2D eigenvalue weighted by Crippen LogP contribution is -1.85. The number of H-pyrrole nitrogens is 1. The van der Waals surface area contributed by atoms with Crippen molar-refractivity contribution in [2.45, 2.75) is 19.8 Å². The Hall–Kier alpha value is -1.38. The van der Waals surface area contributed by atoms with Crippen molar-refractivity contribution >= 4 is 11.0 Å². The van der Waals surface area contributed by atoms with Crippen LogP contribution < -0.4 is 0 Å². The normalized spacial score (nSPS) is 11.2. The molecule has 0 spiro atoms. The molecular weight excluding hydrogens is 150 g/mol. The summed E-state index contributed by atoms with van der Waals surface area (Å²) >= 11 is 0. The molecule has 2 aromatic heterocycles. The lowest BCUT2D eigenvalue weighted by molar-refractivity contribution is 0.834. The zero-order valence-corrected chi connectivity index (χ0v) is 7.20. The molecule has 12 heavy (non-hydrogen) atoms. The fourth-order valence-electron chi connectivity index (χ4n) is 1.21. The lowest BCUT2D eigenvalue weighted by atomic mass is 10.1. The summed E-state index contributed by atoms with van der Waals surface area (Å²) in [5.74, 6) is 0.513. The van der Waals surface area contributed by atoms with E-state index in [1.54, 1.807) is 6.20 Å². The molecule has 0 aliphatic carbocycles. The topological polar surface area (TPSA) is 41.6 Å². The largest absolute Gasteiger partial charge is 0.342 e. The van der Waals surface area contributed by atoms with Gasteiger partial charge in [-0.15, -0.1) is 5.10 Å². The van der Waals surface area contributed by atoms with E-state index in [9.17, 15) is 0 Å². The van der Waals surface area contributed by atoms with Gasteiger partial charge in [-0.3, -0.25) is 0 Å². The second kappa shape index (κ2) is 2.59. The van der Waals surface area contributed by atoms with Gasteiger partial charge >= 0.3 is 0 Å². The smallest absolute Gasteiger partial charge is 0.160 e. The molecule has 2 rings (SSSR count). The van der Waals surface area contributed by atoms with Gasteiger partial charge in [-0.2, -0.15) is 5.10 Å². The van der Waals surface area contributed by atoms with Crippen LogP contribution in [0.1, 0.15) is 26.9 Å². The highest BCUT2D eigenvalue weighted by molar-refractivity contribution is 5.75. The maximum absolute atomic E-state index is 3.98. The van der Waals surface area contributed by atoms with Crippen molar-refractivity contribution in [1.29, 1.82) is 0 Å². The minimum Gasteiger partial charge on any atom is -0.342 e. The molecule has 0 atom stereocenters. The van der Waals surface area contributed by atoms with E-state index in [1.807, 2.05) is 6.07 Å². The number of aromatic amines is 1. The van der Waals surface area contributed by atoms with Crippen LogP contribution in [0.5, 0.6) is 0 Å². The van der Waals surface area contributed by atoms with Gasteiger partial charge in [-0.25, -0.2) is 0 Å². The van der Waals surface area contributed by atoms with Crippen LogP contribution in [0, 0.1) is 0 Å². The lowest BCUT2D eigenvalue weighted by Gasteiger charge is -1.97. The van der Waals surface area contributed by atoms with Gasteiger partial charge in [0.2, 0.25) is 0 Å². The van der Waals surface area contributed by atoms with Crippen molar-refractivity contribution in [3.8, 4) is 0 Å². The Labute approximate surface area is 72.3 Å². The number of fused-ring (bicyclic) bond motifs is 1. The van der Waals surface area contributed by atoms with E-state index in [0.717, 1.165) is 11.0 Å². The highest BCUT2D eigenvalue weighted by atomic mass is 15.1. The zero-order valence-electron chi connectivity index (χ0n) is 7.20. The van der Waals surface area contributed by atoms with E-state index in [-0.39, 0.29) is 1.43 Å². The summed E-state index contributed by atoms with van der Waals surface area (Å²) in [6, 6.07) is 4.08. The summed E-state index contributed by atoms with van der Waals surface area (Å²) in [6.45, 7) is 4.30. The maximum Gasteiger partial charge on any atom is 0.160 e. The number of hydrogen-bond donors (Lipinski definition) is 1. The van der Waals surface area contributed by atoms with E-state index in [1.165, 1.54) is 5.69 Å². The van der Waals surface area contributed by atoms with Crippen LogP contribution in [0.15, 0.2) is 18.3 Å². The molecule has 0 aliphatic heterocycles. The van der Waals surface area contributed by atoms with Crippen molar-refractivity contribution in [3.63, 3.8) is 0 Å². The predicted octanol–water partition coefficient (Wildman–Crippen LogP) is 2.33. The van der Waals surface area contributed by atoms with Gasteiger partial charge in [-0.05, 0) is 18.1 Å². The Morgan fingerprint density at radius 3 is 3.00 bits per heavy atom. The summed E-state index contributed by atoms with van der Waals surface area (Å²) in [5.41, 5.74) is 2.09.